The van der Waals surface area contributed by atoms with Gasteiger partial charge in [-0.25, -0.2) is 0 Å². The van der Waals surface area contributed by atoms with E-state index in [4.69, 9.17) is 4.74 Å². The summed E-state index contributed by atoms with van der Waals surface area (Å²) in [6.07, 6.45) is 3.14. The third-order valence-corrected chi connectivity index (χ3v) is 4.30. The summed E-state index contributed by atoms with van der Waals surface area (Å²) >= 11 is 1.64. The lowest BCUT2D eigenvalue weighted by Gasteiger charge is -2.29. The van der Waals surface area contributed by atoms with E-state index in [-0.39, 0.29) is 30.7 Å². The van der Waals surface area contributed by atoms with Gasteiger partial charge in [-0.2, -0.15) is 11.3 Å². The fourth-order valence-corrected chi connectivity index (χ4v) is 3.11. The second kappa shape index (κ2) is 10.6. The van der Waals surface area contributed by atoms with E-state index in [0.717, 1.165) is 17.7 Å². The molecule has 1 unspecified atom stereocenters. The molecule has 24 heavy (non-hydrogen) atoms. The van der Waals surface area contributed by atoms with Crippen LogP contribution in [0.1, 0.15) is 11.1 Å². The average Bonchev–Trinajstić information content (AvgIpc) is 3.08. The molecule has 0 radical (unpaired) electrons. The highest BCUT2D eigenvalue weighted by atomic mass is 35.5. The van der Waals surface area contributed by atoms with Gasteiger partial charge >= 0.3 is 0 Å². The van der Waals surface area contributed by atoms with E-state index in [0.29, 0.717) is 26.2 Å². The highest BCUT2D eigenvalue weighted by molar-refractivity contribution is 7.07. The van der Waals surface area contributed by atoms with Crippen molar-refractivity contribution in [1.82, 2.24) is 15.2 Å². The predicted octanol–water partition coefficient (Wildman–Crippen LogP) is 2.50. The largest absolute Gasteiger partial charge is 0.366 e. The van der Waals surface area contributed by atoms with Crippen molar-refractivity contribution in [3.05, 3.63) is 52.5 Å². The van der Waals surface area contributed by atoms with Crippen molar-refractivity contribution in [2.24, 2.45) is 0 Å². The zero-order valence-corrected chi connectivity index (χ0v) is 15.5. The number of carbonyl (C=O) groups excluding carboxylic acids is 1. The summed E-state index contributed by atoms with van der Waals surface area (Å²) in [5, 5.41) is 7.31. The smallest absolute Gasteiger partial charge is 0.253 e. The van der Waals surface area contributed by atoms with Gasteiger partial charge in [0.25, 0.3) is 5.91 Å². The summed E-state index contributed by atoms with van der Waals surface area (Å²) in [7, 11) is 0. The number of amides is 1. The Morgan fingerprint density at radius 1 is 1.33 bits per heavy atom. The van der Waals surface area contributed by atoms with Crippen LogP contribution in [-0.4, -0.2) is 41.6 Å². The zero-order valence-electron chi connectivity index (χ0n) is 13.1. The lowest BCUT2D eigenvalue weighted by Crippen LogP contribution is -2.49. The van der Waals surface area contributed by atoms with Crippen LogP contribution in [0.15, 0.2) is 41.4 Å². The highest BCUT2D eigenvalue weighted by Crippen LogP contribution is 2.15. The number of aromatic nitrogens is 1. The molecule has 0 aliphatic carbocycles. The molecule has 1 atom stereocenters. The third kappa shape index (κ3) is 5.72. The van der Waals surface area contributed by atoms with Crippen molar-refractivity contribution >= 4 is 42.1 Å². The molecular formula is C16H21Cl2N3O2S. The van der Waals surface area contributed by atoms with E-state index in [2.05, 4.69) is 15.7 Å². The summed E-state index contributed by atoms with van der Waals surface area (Å²) in [5.74, 6) is 0.0299. The molecule has 2 aromatic rings. The number of thiophene rings is 1. The van der Waals surface area contributed by atoms with E-state index in [9.17, 15) is 4.79 Å². The van der Waals surface area contributed by atoms with Gasteiger partial charge in [-0.1, -0.05) is 6.07 Å². The SMILES string of the molecule is Cl.Cl.O=C(C1CNCCO1)N(Cc1cccnc1)Cc1ccsc1. The van der Waals surface area contributed by atoms with E-state index in [1.807, 2.05) is 28.5 Å². The molecule has 1 saturated heterocycles. The van der Waals surface area contributed by atoms with Crippen LogP contribution in [0.25, 0.3) is 0 Å². The minimum atomic E-state index is -0.399. The van der Waals surface area contributed by atoms with Crippen molar-refractivity contribution in [2.45, 2.75) is 19.2 Å². The highest BCUT2D eigenvalue weighted by Gasteiger charge is 2.27. The molecule has 1 fully saturated rings. The molecule has 5 nitrogen and oxygen atoms in total. The van der Waals surface area contributed by atoms with Gasteiger partial charge in [0.15, 0.2) is 0 Å². The third-order valence-electron chi connectivity index (χ3n) is 3.56. The Labute approximate surface area is 158 Å². The normalized spacial score (nSPS) is 16.6. The minimum absolute atomic E-state index is 0. The van der Waals surface area contributed by atoms with Crippen LogP contribution >= 0.6 is 36.2 Å². The number of carbonyl (C=O) groups is 1. The second-order valence-electron chi connectivity index (χ2n) is 5.25. The summed E-state index contributed by atoms with van der Waals surface area (Å²) in [4.78, 5) is 18.7. The molecule has 1 N–H and O–H groups in total. The Balaban J connectivity index is 0.00000144. The number of halogens is 2. The maximum atomic E-state index is 12.8. The summed E-state index contributed by atoms with van der Waals surface area (Å²) in [6, 6.07) is 5.93. The van der Waals surface area contributed by atoms with Gasteiger partial charge in [-0.15, -0.1) is 24.8 Å². The molecule has 1 aliphatic rings. The maximum absolute atomic E-state index is 12.8. The van der Waals surface area contributed by atoms with Gasteiger partial charge in [-0.3, -0.25) is 9.78 Å². The van der Waals surface area contributed by atoms with Gasteiger partial charge < -0.3 is 15.0 Å². The van der Waals surface area contributed by atoms with Crippen molar-refractivity contribution in [3.63, 3.8) is 0 Å². The van der Waals surface area contributed by atoms with Crippen molar-refractivity contribution in [1.29, 1.82) is 0 Å². The number of hydrogen-bond donors (Lipinski definition) is 1. The van der Waals surface area contributed by atoms with Crippen LogP contribution in [0.5, 0.6) is 0 Å². The Morgan fingerprint density at radius 3 is 2.79 bits per heavy atom. The molecule has 0 saturated carbocycles. The number of ether oxygens (including phenoxy) is 1. The Kier molecular flexibility index (Phi) is 9.25. The first kappa shape index (κ1) is 20.9. The van der Waals surface area contributed by atoms with Crippen molar-refractivity contribution in [3.8, 4) is 0 Å². The number of morpholine rings is 1. The quantitative estimate of drug-likeness (QED) is 0.853. The zero-order chi connectivity index (χ0) is 15.2. The van der Waals surface area contributed by atoms with Crippen LogP contribution in [-0.2, 0) is 22.6 Å². The van der Waals surface area contributed by atoms with Crippen LogP contribution in [0, 0.1) is 0 Å². The summed E-state index contributed by atoms with van der Waals surface area (Å²) < 4.78 is 5.61. The Hall–Kier alpha value is -1.18. The molecule has 132 valence electrons. The molecule has 1 amide bonds. The van der Waals surface area contributed by atoms with Crippen LogP contribution in [0.3, 0.4) is 0 Å². The van der Waals surface area contributed by atoms with Crippen LogP contribution in [0.2, 0.25) is 0 Å². The van der Waals surface area contributed by atoms with Gasteiger partial charge in [0, 0.05) is 38.6 Å². The molecular weight excluding hydrogens is 369 g/mol. The van der Waals surface area contributed by atoms with E-state index in [1.54, 1.807) is 23.7 Å². The van der Waals surface area contributed by atoms with Gasteiger partial charge in [-0.05, 0) is 34.0 Å². The molecule has 8 heteroatoms. The van der Waals surface area contributed by atoms with Gasteiger partial charge in [0.1, 0.15) is 6.10 Å². The lowest BCUT2D eigenvalue weighted by molar-refractivity contribution is -0.146. The number of nitrogens with one attached hydrogen (secondary N) is 1. The Bertz CT molecular complexity index is 593. The van der Waals surface area contributed by atoms with E-state index < -0.39 is 6.10 Å². The molecule has 3 rings (SSSR count). The first-order valence-corrected chi connectivity index (χ1v) is 8.28. The first-order valence-electron chi connectivity index (χ1n) is 7.34. The number of nitrogens with zero attached hydrogens (tertiary/aromatic N) is 2. The van der Waals surface area contributed by atoms with Crippen LogP contribution in [0.4, 0.5) is 0 Å². The van der Waals surface area contributed by atoms with E-state index >= 15 is 0 Å². The van der Waals surface area contributed by atoms with Crippen molar-refractivity contribution < 1.29 is 9.53 Å². The van der Waals surface area contributed by atoms with E-state index in [1.165, 1.54) is 0 Å². The Morgan fingerprint density at radius 2 is 2.17 bits per heavy atom. The summed E-state index contributed by atoms with van der Waals surface area (Å²) in [6.45, 7) is 3.10. The second-order valence-corrected chi connectivity index (χ2v) is 6.03. The monoisotopic (exact) mass is 389 g/mol. The van der Waals surface area contributed by atoms with Crippen molar-refractivity contribution in [2.75, 3.05) is 19.7 Å². The molecule has 0 aromatic carbocycles. The standard InChI is InChI=1S/C16H19N3O2S.2ClH/c20-16(15-9-18-5-6-21-15)19(11-14-3-7-22-12-14)10-13-2-1-4-17-8-13;;/h1-4,7-8,12,15,18H,5-6,9-11H2;2*1H. The van der Waals surface area contributed by atoms with Gasteiger partial charge in [0.2, 0.25) is 0 Å². The minimum Gasteiger partial charge on any atom is -0.366 e. The molecule has 0 bridgehead atoms. The van der Waals surface area contributed by atoms with Gasteiger partial charge in [0.05, 0.1) is 6.61 Å². The fourth-order valence-electron chi connectivity index (χ4n) is 2.45. The molecule has 3 heterocycles. The summed E-state index contributed by atoms with van der Waals surface area (Å²) in [5.41, 5.74) is 2.17. The average molecular weight is 390 g/mol. The number of pyridine rings is 1. The van der Waals surface area contributed by atoms with Crippen LogP contribution < -0.4 is 5.32 Å². The molecule has 1 aliphatic heterocycles. The fraction of sp³-hybridized carbons (Fsp3) is 0.375. The lowest BCUT2D eigenvalue weighted by atomic mass is 10.2. The molecule has 0 spiro atoms. The first-order chi connectivity index (χ1) is 10.8. The molecule has 2 aromatic heterocycles. The number of rotatable bonds is 5. The number of hydrogen-bond acceptors (Lipinski definition) is 5. The maximum Gasteiger partial charge on any atom is 0.253 e. The predicted molar refractivity (Wildman–Crippen MR) is 99.9 cm³/mol. The topological polar surface area (TPSA) is 54.5 Å².